The van der Waals surface area contributed by atoms with Crippen molar-refractivity contribution in [3.8, 4) is 5.69 Å². The first-order chi connectivity index (χ1) is 14.4. The Bertz CT molecular complexity index is 1060. The van der Waals surface area contributed by atoms with Crippen molar-refractivity contribution < 1.29 is 0 Å². The van der Waals surface area contributed by atoms with E-state index in [9.17, 15) is 0 Å². The van der Waals surface area contributed by atoms with Crippen LogP contribution in [0.25, 0.3) is 5.69 Å². The molecule has 1 atom stereocenters. The fourth-order valence-electron chi connectivity index (χ4n) is 3.99. The van der Waals surface area contributed by atoms with Crippen LogP contribution in [0.4, 0.5) is 5.95 Å². The fourth-order valence-corrected chi connectivity index (χ4v) is 3.99. The highest BCUT2D eigenvalue weighted by Gasteiger charge is 2.28. The third-order valence-electron chi connectivity index (χ3n) is 5.35. The number of hydrogen-bond donors (Lipinski definition) is 0. The molecule has 4 heterocycles. The Labute approximate surface area is 168 Å². The molecule has 29 heavy (non-hydrogen) atoms. The minimum absolute atomic E-state index is 0.330. The van der Waals surface area contributed by atoms with E-state index in [0.717, 1.165) is 49.9 Å². The Hall–Kier alpha value is -3.55. The van der Waals surface area contributed by atoms with Gasteiger partial charge in [-0.05, 0) is 47.0 Å². The van der Waals surface area contributed by atoms with Crippen LogP contribution < -0.4 is 4.90 Å². The monoisotopic (exact) mass is 386 g/mol. The SMILES string of the molecule is c1ccc(-n2nnnc2N2CCCC(c3nccn3Cc3cccnc3)C2)cc1. The van der Waals surface area contributed by atoms with Gasteiger partial charge < -0.3 is 9.47 Å². The summed E-state index contributed by atoms with van der Waals surface area (Å²) in [4.78, 5) is 11.2. The second-order valence-corrected chi connectivity index (χ2v) is 7.29. The number of tetrazole rings is 1. The minimum Gasteiger partial charge on any atom is -0.339 e. The summed E-state index contributed by atoms with van der Waals surface area (Å²) in [5.41, 5.74) is 2.14. The van der Waals surface area contributed by atoms with Crippen LogP contribution in [0.2, 0.25) is 0 Å². The van der Waals surface area contributed by atoms with Gasteiger partial charge >= 0.3 is 0 Å². The lowest BCUT2D eigenvalue weighted by Crippen LogP contribution is -2.37. The lowest BCUT2D eigenvalue weighted by Gasteiger charge is -2.32. The molecule has 4 aromatic rings. The third kappa shape index (κ3) is 3.61. The van der Waals surface area contributed by atoms with Crippen molar-refractivity contribution in [1.82, 2.24) is 34.7 Å². The quantitative estimate of drug-likeness (QED) is 0.525. The van der Waals surface area contributed by atoms with Crippen molar-refractivity contribution in [1.29, 1.82) is 0 Å². The molecule has 1 fully saturated rings. The number of hydrogen-bond acceptors (Lipinski definition) is 6. The zero-order chi connectivity index (χ0) is 19.5. The zero-order valence-corrected chi connectivity index (χ0v) is 16.0. The van der Waals surface area contributed by atoms with E-state index in [2.05, 4.69) is 47.2 Å². The Balaban J connectivity index is 1.38. The van der Waals surface area contributed by atoms with E-state index in [1.165, 1.54) is 5.56 Å². The van der Waals surface area contributed by atoms with E-state index in [0.29, 0.717) is 5.92 Å². The van der Waals surface area contributed by atoms with Crippen LogP contribution in [0, 0.1) is 0 Å². The second kappa shape index (κ2) is 7.83. The highest BCUT2D eigenvalue weighted by molar-refractivity contribution is 5.41. The molecule has 0 bridgehead atoms. The van der Waals surface area contributed by atoms with E-state index in [-0.39, 0.29) is 0 Å². The molecule has 0 saturated carbocycles. The van der Waals surface area contributed by atoms with Gasteiger partial charge in [-0.2, -0.15) is 4.68 Å². The van der Waals surface area contributed by atoms with Crippen molar-refractivity contribution in [2.24, 2.45) is 0 Å². The fraction of sp³-hybridized carbons (Fsp3) is 0.286. The molecule has 0 aliphatic carbocycles. The predicted octanol–water partition coefficient (Wildman–Crippen LogP) is 2.69. The lowest BCUT2D eigenvalue weighted by atomic mass is 9.97. The number of benzene rings is 1. The maximum absolute atomic E-state index is 4.69. The van der Waals surface area contributed by atoms with Crippen LogP contribution >= 0.6 is 0 Å². The molecule has 0 radical (unpaired) electrons. The maximum Gasteiger partial charge on any atom is 0.250 e. The molecule has 0 N–H and O–H groups in total. The molecule has 5 rings (SSSR count). The summed E-state index contributed by atoms with van der Waals surface area (Å²) in [5, 5.41) is 12.5. The van der Waals surface area contributed by atoms with Gasteiger partial charge in [0, 0.05) is 43.8 Å². The van der Waals surface area contributed by atoms with Gasteiger partial charge in [-0.25, -0.2) is 4.98 Å². The summed E-state index contributed by atoms with van der Waals surface area (Å²) in [6, 6.07) is 14.1. The van der Waals surface area contributed by atoms with Crippen molar-refractivity contribution in [3.63, 3.8) is 0 Å². The van der Waals surface area contributed by atoms with Gasteiger partial charge in [0.1, 0.15) is 5.82 Å². The second-order valence-electron chi connectivity index (χ2n) is 7.29. The molecule has 1 aliphatic heterocycles. The van der Waals surface area contributed by atoms with Gasteiger partial charge in [-0.15, -0.1) is 0 Å². The highest BCUT2D eigenvalue weighted by atomic mass is 15.6. The van der Waals surface area contributed by atoms with Gasteiger partial charge in [0.05, 0.1) is 12.2 Å². The first-order valence-electron chi connectivity index (χ1n) is 9.87. The van der Waals surface area contributed by atoms with Crippen LogP contribution in [-0.4, -0.2) is 47.8 Å². The minimum atomic E-state index is 0.330. The summed E-state index contributed by atoms with van der Waals surface area (Å²) >= 11 is 0. The summed E-state index contributed by atoms with van der Waals surface area (Å²) in [6.45, 7) is 2.56. The Morgan fingerprint density at radius 2 is 1.97 bits per heavy atom. The molecule has 3 aromatic heterocycles. The number of aromatic nitrogens is 7. The van der Waals surface area contributed by atoms with Crippen LogP contribution in [0.5, 0.6) is 0 Å². The van der Waals surface area contributed by atoms with Crippen molar-refractivity contribution in [2.75, 3.05) is 18.0 Å². The van der Waals surface area contributed by atoms with Crippen molar-refractivity contribution >= 4 is 5.95 Å². The predicted molar refractivity (Wildman–Crippen MR) is 109 cm³/mol. The number of imidazole rings is 1. The average Bonchev–Trinajstić information content (AvgIpc) is 3.45. The summed E-state index contributed by atoms with van der Waals surface area (Å²) in [7, 11) is 0. The molecule has 1 aliphatic rings. The number of piperidine rings is 1. The third-order valence-corrected chi connectivity index (χ3v) is 5.35. The number of nitrogens with zero attached hydrogens (tertiary/aromatic N) is 8. The van der Waals surface area contributed by atoms with Crippen molar-refractivity contribution in [2.45, 2.75) is 25.3 Å². The molecule has 1 unspecified atom stereocenters. The molecular formula is C21H22N8. The molecule has 1 aromatic carbocycles. The normalized spacial score (nSPS) is 16.8. The van der Waals surface area contributed by atoms with Crippen LogP contribution in [0.15, 0.2) is 67.3 Å². The van der Waals surface area contributed by atoms with E-state index in [1.54, 1.807) is 6.20 Å². The highest BCUT2D eigenvalue weighted by Crippen LogP contribution is 2.29. The van der Waals surface area contributed by atoms with Crippen LogP contribution in [0.1, 0.15) is 30.1 Å². The Morgan fingerprint density at radius 1 is 1.03 bits per heavy atom. The summed E-state index contributed by atoms with van der Waals surface area (Å²) < 4.78 is 4.04. The largest absolute Gasteiger partial charge is 0.339 e. The van der Waals surface area contributed by atoms with Crippen LogP contribution in [-0.2, 0) is 6.54 Å². The van der Waals surface area contributed by atoms with E-state index >= 15 is 0 Å². The number of para-hydroxylation sites is 1. The molecular weight excluding hydrogens is 364 g/mol. The Morgan fingerprint density at radius 3 is 2.83 bits per heavy atom. The molecule has 8 heteroatoms. The lowest BCUT2D eigenvalue weighted by molar-refractivity contribution is 0.469. The first kappa shape index (κ1) is 17.5. The maximum atomic E-state index is 4.69. The smallest absolute Gasteiger partial charge is 0.250 e. The van der Waals surface area contributed by atoms with E-state index in [4.69, 9.17) is 0 Å². The number of pyridine rings is 1. The molecule has 146 valence electrons. The van der Waals surface area contributed by atoms with Gasteiger partial charge in [-0.3, -0.25) is 4.98 Å². The summed E-state index contributed by atoms with van der Waals surface area (Å²) in [6.07, 6.45) is 9.83. The molecule has 8 nitrogen and oxygen atoms in total. The van der Waals surface area contributed by atoms with E-state index < -0.39 is 0 Å². The molecule has 1 saturated heterocycles. The number of anilines is 1. The van der Waals surface area contributed by atoms with Gasteiger partial charge in [0.15, 0.2) is 0 Å². The Kier molecular flexibility index (Phi) is 4.73. The summed E-state index contributed by atoms with van der Waals surface area (Å²) in [5.74, 6) is 2.22. The average molecular weight is 386 g/mol. The first-order valence-corrected chi connectivity index (χ1v) is 9.87. The molecule has 0 amide bonds. The van der Waals surface area contributed by atoms with Crippen molar-refractivity contribution in [3.05, 3.63) is 78.6 Å². The zero-order valence-electron chi connectivity index (χ0n) is 16.0. The van der Waals surface area contributed by atoms with Gasteiger partial charge in [-0.1, -0.05) is 29.4 Å². The van der Waals surface area contributed by atoms with Crippen LogP contribution in [0.3, 0.4) is 0 Å². The van der Waals surface area contributed by atoms with Gasteiger partial charge in [0.2, 0.25) is 5.95 Å². The standard InChI is InChI=1S/C21H22N8/c1-2-8-19(9-3-1)29-21(24-25-26-29)28-12-5-7-18(16-28)20-23-11-13-27(20)15-17-6-4-10-22-14-17/h1-4,6,8-11,13-14,18H,5,7,12,15-16H2. The molecule has 0 spiro atoms. The van der Waals surface area contributed by atoms with Gasteiger partial charge in [0.25, 0.3) is 0 Å². The van der Waals surface area contributed by atoms with E-state index in [1.807, 2.05) is 53.5 Å². The topological polar surface area (TPSA) is 77.5 Å². The number of rotatable bonds is 5.